The minimum absolute atomic E-state index is 0.0241. The van der Waals surface area contributed by atoms with E-state index in [1.807, 2.05) is 23.1 Å². The molecule has 2 amide bonds. The maximum atomic E-state index is 13.5. The standard InChI is InChI=1S/C25H27N3O2/c1-15(2)13-27-14-22(29)28-21(25(27)30)12-19-18-9-4-5-10-20(18)26-23(19)24(28)17-8-6-7-16(3)11-17/h4-11,15,21,24,26H,12-14H2,1-3H3. The third kappa shape index (κ3) is 2.92. The third-order valence-electron chi connectivity index (χ3n) is 6.29. The number of benzene rings is 2. The van der Waals surface area contributed by atoms with Crippen LogP contribution in [0.5, 0.6) is 0 Å². The normalized spacial score (nSPS) is 21.3. The first kappa shape index (κ1) is 18.9. The van der Waals surface area contributed by atoms with Crippen molar-refractivity contribution in [3.63, 3.8) is 0 Å². The number of nitrogens with one attached hydrogen (secondary N) is 1. The predicted molar refractivity (Wildman–Crippen MR) is 117 cm³/mol. The molecular formula is C25H27N3O2. The van der Waals surface area contributed by atoms with Crippen LogP contribution >= 0.6 is 0 Å². The number of nitrogens with zero attached hydrogens (tertiary/aromatic N) is 2. The molecule has 2 unspecified atom stereocenters. The summed E-state index contributed by atoms with van der Waals surface area (Å²) in [6.07, 6.45) is 0.556. The summed E-state index contributed by atoms with van der Waals surface area (Å²) < 4.78 is 0. The Morgan fingerprint density at radius 3 is 2.67 bits per heavy atom. The van der Waals surface area contributed by atoms with Crippen LogP contribution in [0, 0.1) is 12.8 Å². The molecule has 5 nitrogen and oxygen atoms in total. The fourth-order valence-corrected chi connectivity index (χ4v) is 5.11. The second-order valence-electron chi connectivity index (χ2n) is 9.01. The molecule has 3 aromatic rings. The number of amides is 2. The van der Waals surface area contributed by atoms with E-state index >= 15 is 0 Å². The highest BCUT2D eigenvalue weighted by molar-refractivity contribution is 5.97. The molecule has 1 fully saturated rings. The van der Waals surface area contributed by atoms with Crippen LogP contribution in [0.3, 0.4) is 0 Å². The highest BCUT2D eigenvalue weighted by atomic mass is 16.2. The van der Waals surface area contributed by atoms with E-state index in [0.717, 1.165) is 33.3 Å². The van der Waals surface area contributed by atoms with Crippen molar-refractivity contribution in [1.82, 2.24) is 14.8 Å². The van der Waals surface area contributed by atoms with Crippen molar-refractivity contribution >= 4 is 22.7 Å². The maximum absolute atomic E-state index is 13.5. The Labute approximate surface area is 176 Å². The molecule has 0 spiro atoms. The Balaban J connectivity index is 1.69. The number of hydrogen-bond acceptors (Lipinski definition) is 2. The second kappa shape index (κ2) is 7.01. The molecule has 2 aliphatic heterocycles. The van der Waals surface area contributed by atoms with Gasteiger partial charge in [-0.2, -0.15) is 0 Å². The molecule has 30 heavy (non-hydrogen) atoms. The molecule has 3 heterocycles. The summed E-state index contributed by atoms with van der Waals surface area (Å²) >= 11 is 0. The number of piperazine rings is 1. The number of hydrogen-bond donors (Lipinski definition) is 1. The average molecular weight is 402 g/mol. The van der Waals surface area contributed by atoms with Gasteiger partial charge in [0.25, 0.3) is 0 Å². The lowest BCUT2D eigenvalue weighted by molar-refractivity contribution is -0.159. The van der Waals surface area contributed by atoms with Gasteiger partial charge in [0.05, 0.1) is 12.6 Å². The van der Waals surface area contributed by atoms with Crippen molar-refractivity contribution in [2.45, 2.75) is 39.3 Å². The molecule has 2 aliphatic rings. The molecule has 2 atom stereocenters. The topological polar surface area (TPSA) is 56.4 Å². The quantitative estimate of drug-likeness (QED) is 0.725. The van der Waals surface area contributed by atoms with Gasteiger partial charge in [0, 0.05) is 29.6 Å². The molecule has 1 N–H and O–H groups in total. The van der Waals surface area contributed by atoms with Crippen molar-refractivity contribution < 1.29 is 9.59 Å². The van der Waals surface area contributed by atoms with Crippen LogP contribution in [0.1, 0.15) is 42.3 Å². The van der Waals surface area contributed by atoms with Gasteiger partial charge in [-0.1, -0.05) is 61.9 Å². The average Bonchev–Trinajstić information content (AvgIpc) is 3.08. The highest BCUT2D eigenvalue weighted by Crippen LogP contribution is 2.42. The lowest BCUT2D eigenvalue weighted by atomic mass is 9.85. The van der Waals surface area contributed by atoms with Gasteiger partial charge < -0.3 is 14.8 Å². The summed E-state index contributed by atoms with van der Waals surface area (Å²) in [4.78, 5) is 34.0. The largest absolute Gasteiger partial charge is 0.356 e. The Bertz CT molecular complexity index is 1150. The van der Waals surface area contributed by atoms with Crippen LogP contribution < -0.4 is 0 Å². The smallest absolute Gasteiger partial charge is 0.246 e. The summed E-state index contributed by atoms with van der Waals surface area (Å²) in [6.45, 7) is 7.00. The Kier molecular flexibility index (Phi) is 4.42. The molecule has 5 rings (SSSR count). The molecule has 0 bridgehead atoms. The van der Waals surface area contributed by atoms with Crippen LogP contribution in [0.25, 0.3) is 10.9 Å². The Hall–Kier alpha value is -3.08. The van der Waals surface area contributed by atoms with Crippen LogP contribution in [0.2, 0.25) is 0 Å². The fourth-order valence-electron chi connectivity index (χ4n) is 5.11. The van der Waals surface area contributed by atoms with Gasteiger partial charge in [0.1, 0.15) is 6.04 Å². The van der Waals surface area contributed by atoms with E-state index in [1.165, 1.54) is 0 Å². The van der Waals surface area contributed by atoms with E-state index < -0.39 is 6.04 Å². The number of aromatic amines is 1. The lowest BCUT2D eigenvalue weighted by Crippen LogP contribution is -2.63. The van der Waals surface area contributed by atoms with Crippen molar-refractivity contribution in [2.24, 2.45) is 5.92 Å². The number of carbonyl (C=O) groups is 2. The minimum Gasteiger partial charge on any atom is -0.356 e. The number of aromatic nitrogens is 1. The van der Waals surface area contributed by atoms with Crippen LogP contribution in [0.4, 0.5) is 0 Å². The number of rotatable bonds is 3. The minimum atomic E-state index is -0.456. The van der Waals surface area contributed by atoms with Gasteiger partial charge in [0.15, 0.2) is 0 Å². The number of carbonyl (C=O) groups excluding carboxylic acids is 2. The number of fused-ring (bicyclic) bond motifs is 4. The van der Waals surface area contributed by atoms with Crippen molar-refractivity contribution in [2.75, 3.05) is 13.1 Å². The third-order valence-corrected chi connectivity index (χ3v) is 6.29. The number of H-pyrrole nitrogens is 1. The van der Waals surface area contributed by atoms with Gasteiger partial charge >= 0.3 is 0 Å². The summed E-state index contributed by atoms with van der Waals surface area (Å²) in [5, 5.41) is 1.14. The van der Waals surface area contributed by atoms with Crippen molar-refractivity contribution in [3.05, 3.63) is 70.9 Å². The first-order valence-corrected chi connectivity index (χ1v) is 10.7. The van der Waals surface area contributed by atoms with Gasteiger partial charge in [-0.3, -0.25) is 9.59 Å². The van der Waals surface area contributed by atoms with Crippen LogP contribution in [0.15, 0.2) is 48.5 Å². The van der Waals surface area contributed by atoms with Crippen LogP contribution in [-0.4, -0.2) is 45.7 Å². The number of aryl methyl sites for hydroxylation is 1. The van der Waals surface area contributed by atoms with E-state index in [0.29, 0.717) is 18.9 Å². The highest BCUT2D eigenvalue weighted by Gasteiger charge is 2.48. The van der Waals surface area contributed by atoms with Gasteiger partial charge in [-0.15, -0.1) is 0 Å². The molecule has 154 valence electrons. The zero-order chi connectivity index (χ0) is 21.0. The molecule has 2 aromatic carbocycles. The Morgan fingerprint density at radius 2 is 1.90 bits per heavy atom. The van der Waals surface area contributed by atoms with Gasteiger partial charge in [-0.05, 0) is 30.0 Å². The van der Waals surface area contributed by atoms with Gasteiger partial charge in [-0.25, -0.2) is 0 Å². The molecule has 0 saturated carbocycles. The van der Waals surface area contributed by atoms with Crippen molar-refractivity contribution in [1.29, 1.82) is 0 Å². The first-order chi connectivity index (χ1) is 14.4. The first-order valence-electron chi connectivity index (χ1n) is 10.7. The molecule has 0 aliphatic carbocycles. The SMILES string of the molecule is Cc1cccc(C2c3[nH]c4ccccc4c3CC3C(=O)N(CC(C)C)CC(=O)N32)c1. The molecule has 5 heteroatoms. The second-order valence-corrected chi connectivity index (χ2v) is 9.01. The summed E-state index contributed by atoms with van der Waals surface area (Å²) in [7, 11) is 0. The zero-order valence-electron chi connectivity index (χ0n) is 17.7. The Morgan fingerprint density at radius 1 is 1.10 bits per heavy atom. The predicted octanol–water partition coefficient (Wildman–Crippen LogP) is 3.82. The molecular weight excluding hydrogens is 374 g/mol. The summed E-state index contributed by atoms with van der Waals surface area (Å²) in [6, 6.07) is 15.8. The van der Waals surface area contributed by atoms with E-state index in [-0.39, 0.29) is 24.4 Å². The summed E-state index contributed by atoms with van der Waals surface area (Å²) in [5.41, 5.74) is 5.44. The van der Waals surface area contributed by atoms with E-state index in [1.54, 1.807) is 4.90 Å². The molecule has 1 saturated heterocycles. The summed E-state index contributed by atoms with van der Waals surface area (Å²) in [5.74, 6) is 0.418. The maximum Gasteiger partial charge on any atom is 0.246 e. The monoisotopic (exact) mass is 401 g/mol. The van der Waals surface area contributed by atoms with E-state index in [2.05, 4.69) is 56.1 Å². The van der Waals surface area contributed by atoms with Gasteiger partial charge in [0.2, 0.25) is 11.8 Å². The van der Waals surface area contributed by atoms with E-state index in [4.69, 9.17) is 0 Å². The molecule has 0 radical (unpaired) electrons. The lowest BCUT2D eigenvalue weighted by Gasteiger charge is -2.47. The van der Waals surface area contributed by atoms with Crippen molar-refractivity contribution in [3.8, 4) is 0 Å². The van der Waals surface area contributed by atoms with Crippen LogP contribution in [-0.2, 0) is 16.0 Å². The fraction of sp³-hybridized carbons (Fsp3) is 0.360. The number of para-hydroxylation sites is 1. The van der Waals surface area contributed by atoms with E-state index in [9.17, 15) is 9.59 Å². The zero-order valence-corrected chi connectivity index (χ0v) is 17.7. The molecule has 1 aromatic heterocycles.